The molecule has 9 heteroatoms. The fourth-order valence-electron chi connectivity index (χ4n) is 2.71. The van der Waals surface area contributed by atoms with E-state index in [2.05, 4.69) is 15.5 Å². The topological polar surface area (TPSA) is 95.1 Å². The maximum Gasteiger partial charge on any atom is 0.230 e. The van der Waals surface area contributed by atoms with E-state index in [9.17, 15) is 4.79 Å². The van der Waals surface area contributed by atoms with Crippen LogP contribution in [-0.4, -0.2) is 33.1 Å². The molecule has 0 spiro atoms. The highest BCUT2D eigenvalue weighted by Crippen LogP contribution is 2.24. The summed E-state index contributed by atoms with van der Waals surface area (Å²) < 4.78 is 6.82. The van der Waals surface area contributed by atoms with Gasteiger partial charge in [-0.2, -0.15) is 0 Å². The van der Waals surface area contributed by atoms with Crippen molar-refractivity contribution in [3.8, 4) is 17.1 Å². The summed E-state index contributed by atoms with van der Waals surface area (Å²) in [5.41, 5.74) is 1.75. The van der Waals surface area contributed by atoms with Gasteiger partial charge in [0, 0.05) is 10.6 Å². The van der Waals surface area contributed by atoms with Crippen molar-refractivity contribution in [2.24, 2.45) is 0 Å². The van der Waals surface area contributed by atoms with Gasteiger partial charge < -0.3 is 15.9 Å². The smallest absolute Gasteiger partial charge is 0.230 e. The van der Waals surface area contributed by atoms with Crippen LogP contribution in [-0.2, 0) is 4.79 Å². The van der Waals surface area contributed by atoms with Gasteiger partial charge in [-0.25, -0.2) is 4.68 Å². The van der Waals surface area contributed by atoms with Crippen molar-refractivity contribution >= 4 is 29.3 Å². The van der Waals surface area contributed by atoms with Gasteiger partial charge in [0.25, 0.3) is 0 Å². The molecule has 0 aliphatic carbocycles. The summed E-state index contributed by atoms with van der Waals surface area (Å²) in [6.07, 6.45) is 0. The molecule has 2 aromatic carbocycles. The van der Waals surface area contributed by atoms with Gasteiger partial charge >= 0.3 is 0 Å². The number of amides is 1. The molecule has 7 nitrogen and oxygen atoms in total. The quantitative estimate of drug-likeness (QED) is 0.417. The van der Waals surface area contributed by atoms with Gasteiger partial charge in [-0.3, -0.25) is 4.79 Å². The Morgan fingerprint density at radius 2 is 2.03 bits per heavy atom. The number of nitrogen functional groups attached to an aromatic ring is 1. The summed E-state index contributed by atoms with van der Waals surface area (Å²) in [5.74, 6) is 7.45. The van der Waals surface area contributed by atoms with E-state index < -0.39 is 0 Å². The van der Waals surface area contributed by atoms with Crippen molar-refractivity contribution < 1.29 is 9.53 Å². The lowest BCUT2D eigenvalue weighted by Crippen LogP contribution is -2.28. The highest BCUT2D eigenvalue weighted by Gasteiger charge is 2.15. The maximum atomic E-state index is 12.3. The second kappa shape index (κ2) is 9.67. The summed E-state index contributed by atoms with van der Waals surface area (Å²) >= 11 is 7.23. The molecule has 0 aliphatic heterocycles. The molecule has 1 aromatic heterocycles. The average molecular weight is 432 g/mol. The number of ether oxygens (including phenoxy) is 1. The number of rotatable bonds is 8. The van der Waals surface area contributed by atoms with Gasteiger partial charge in [0.15, 0.2) is 5.82 Å². The number of nitrogens with two attached hydrogens (primary N) is 1. The fraction of sp³-hybridized carbons (Fsp3) is 0.250. The minimum Gasteiger partial charge on any atom is -0.494 e. The number of benzene rings is 2. The predicted octanol–water partition coefficient (Wildman–Crippen LogP) is 3.68. The van der Waals surface area contributed by atoms with Crippen LogP contribution in [0.15, 0.2) is 53.7 Å². The molecule has 3 N–H and O–H groups in total. The third-order valence-corrected chi connectivity index (χ3v) is 5.32. The highest BCUT2D eigenvalue weighted by atomic mass is 35.5. The lowest BCUT2D eigenvalue weighted by Gasteiger charge is -2.14. The Labute approximate surface area is 178 Å². The van der Waals surface area contributed by atoms with Crippen molar-refractivity contribution in [3.63, 3.8) is 0 Å². The third-order valence-electron chi connectivity index (χ3n) is 4.15. The van der Waals surface area contributed by atoms with Crippen LogP contribution in [0.5, 0.6) is 5.75 Å². The molecule has 1 atom stereocenters. The molecule has 0 saturated carbocycles. The van der Waals surface area contributed by atoms with Crippen molar-refractivity contribution in [2.45, 2.75) is 25.0 Å². The van der Waals surface area contributed by atoms with Gasteiger partial charge in [-0.05, 0) is 55.8 Å². The molecular weight excluding hydrogens is 410 g/mol. The van der Waals surface area contributed by atoms with Gasteiger partial charge in [0.1, 0.15) is 5.75 Å². The molecule has 0 fully saturated rings. The van der Waals surface area contributed by atoms with Crippen molar-refractivity contribution in [1.29, 1.82) is 0 Å². The standard InChI is InChI=1S/C20H22ClN5O2S/c1-3-28-17-9-7-14(8-10-17)19-24-25-20(26(19)22)29-12-18(27)23-13(2)15-5-4-6-16(21)11-15/h4-11,13H,3,12,22H2,1-2H3,(H,23,27)/t13-/m0/s1. The monoisotopic (exact) mass is 431 g/mol. The Balaban J connectivity index is 1.59. The Morgan fingerprint density at radius 1 is 1.28 bits per heavy atom. The average Bonchev–Trinajstić information content (AvgIpc) is 3.07. The molecule has 1 amide bonds. The molecule has 3 rings (SSSR count). The normalized spacial score (nSPS) is 11.8. The van der Waals surface area contributed by atoms with Crippen LogP contribution in [0, 0.1) is 0 Å². The van der Waals surface area contributed by atoms with Crippen LogP contribution in [0.1, 0.15) is 25.5 Å². The van der Waals surface area contributed by atoms with Crippen LogP contribution in [0.25, 0.3) is 11.4 Å². The Bertz CT molecular complexity index is 977. The SMILES string of the molecule is CCOc1ccc(-c2nnc(SCC(=O)N[C@@H](C)c3cccc(Cl)c3)n2N)cc1. The highest BCUT2D eigenvalue weighted by molar-refractivity contribution is 7.99. The first-order chi connectivity index (χ1) is 14.0. The van der Waals surface area contributed by atoms with Crippen LogP contribution in [0.3, 0.4) is 0 Å². The fourth-order valence-corrected chi connectivity index (χ4v) is 3.58. The molecule has 29 heavy (non-hydrogen) atoms. The summed E-state index contributed by atoms with van der Waals surface area (Å²) in [6.45, 7) is 4.44. The number of nitrogens with zero attached hydrogens (tertiary/aromatic N) is 3. The van der Waals surface area contributed by atoms with Gasteiger partial charge in [0.05, 0.1) is 18.4 Å². The molecule has 3 aromatic rings. The van der Waals surface area contributed by atoms with E-state index >= 15 is 0 Å². The molecule has 0 bridgehead atoms. The maximum absolute atomic E-state index is 12.3. The van der Waals surface area contributed by atoms with E-state index in [0.717, 1.165) is 16.9 Å². The van der Waals surface area contributed by atoms with Crippen LogP contribution < -0.4 is 15.9 Å². The van der Waals surface area contributed by atoms with Gasteiger partial charge in [0.2, 0.25) is 11.1 Å². The van der Waals surface area contributed by atoms with Crippen LogP contribution >= 0.6 is 23.4 Å². The van der Waals surface area contributed by atoms with E-state index in [-0.39, 0.29) is 17.7 Å². The van der Waals surface area contributed by atoms with Crippen LogP contribution in [0.2, 0.25) is 5.02 Å². The lowest BCUT2D eigenvalue weighted by molar-refractivity contribution is -0.119. The summed E-state index contributed by atoms with van der Waals surface area (Å²) in [4.78, 5) is 12.3. The largest absolute Gasteiger partial charge is 0.494 e. The molecule has 0 radical (unpaired) electrons. The number of halogens is 1. The second-order valence-corrected chi connectivity index (χ2v) is 7.65. The van der Waals surface area contributed by atoms with Gasteiger partial charge in [-0.15, -0.1) is 10.2 Å². The summed E-state index contributed by atoms with van der Waals surface area (Å²) in [6, 6.07) is 14.7. The summed E-state index contributed by atoms with van der Waals surface area (Å²) in [7, 11) is 0. The Hall–Kier alpha value is -2.71. The van der Waals surface area contributed by atoms with Crippen molar-refractivity contribution in [2.75, 3.05) is 18.2 Å². The zero-order valence-corrected chi connectivity index (χ0v) is 17.7. The third kappa shape index (κ3) is 5.42. The number of hydrogen-bond donors (Lipinski definition) is 2. The molecule has 0 saturated heterocycles. The number of nitrogens with one attached hydrogen (secondary N) is 1. The van der Waals surface area contributed by atoms with E-state index in [1.54, 1.807) is 6.07 Å². The van der Waals surface area contributed by atoms with Crippen LogP contribution in [0.4, 0.5) is 0 Å². The Kier molecular flexibility index (Phi) is 7.00. The second-order valence-electron chi connectivity index (χ2n) is 6.27. The number of carbonyl (C=O) groups excluding carboxylic acids is 1. The molecule has 0 unspecified atom stereocenters. The Morgan fingerprint density at radius 3 is 2.72 bits per heavy atom. The van der Waals surface area contributed by atoms with E-state index in [0.29, 0.717) is 22.6 Å². The first-order valence-corrected chi connectivity index (χ1v) is 10.5. The van der Waals surface area contributed by atoms with Gasteiger partial charge in [-0.1, -0.05) is 35.5 Å². The molecule has 1 heterocycles. The lowest BCUT2D eigenvalue weighted by atomic mass is 10.1. The number of carbonyl (C=O) groups is 1. The first kappa shape index (κ1) is 21.0. The van der Waals surface area contributed by atoms with E-state index in [1.165, 1.54) is 16.4 Å². The molecule has 0 aliphatic rings. The number of thioether (sulfide) groups is 1. The van der Waals surface area contributed by atoms with Crippen molar-refractivity contribution in [1.82, 2.24) is 20.2 Å². The molecular formula is C20H22ClN5O2S. The minimum absolute atomic E-state index is 0.131. The predicted molar refractivity (Wildman–Crippen MR) is 116 cm³/mol. The molecule has 152 valence electrons. The van der Waals surface area contributed by atoms with E-state index in [1.807, 2.05) is 56.3 Å². The van der Waals surface area contributed by atoms with Crippen molar-refractivity contribution in [3.05, 3.63) is 59.1 Å². The zero-order valence-electron chi connectivity index (χ0n) is 16.1. The van der Waals surface area contributed by atoms with E-state index in [4.69, 9.17) is 22.2 Å². The first-order valence-electron chi connectivity index (χ1n) is 9.09. The minimum atomic E-state index is -0.156. The number of aromatic nitrogens is 3. The number of hydrogen-bond acceptors (Lipinski definition) is 6. The zero-order chi connectivity index (χ0) is 20.8. The summed E-state index contributed by atoms with van der Waals surface area (Å²) in [5, 5.41) is 12.3.